The van der Waals surface area contributed by atoms with E-state index in [9.17, 15) is 9.59 Å². The number of nitrogens with zero attached hydrogens (tertiary/aromatic N) is 1. The number of esters is 1. The van der Waals surface area contributed by atoms with Gasteiger partial charge in [-0.05, 0) is 67.8 Å². The van der Waals surface area contributed by atoms with Crippen LogP contribution in [-0.2, 0) is 4.79 Å². The van der Waals surface area contributed by atoms with Gasteiger partial charge in [0.15, 0.2) is 11.5 Å². The summed E-state index contributed by atoms with van der Waals surface area (Å²) in [4.78, 5) is 24.6. The predicted octanol–water partition coefficient (Wildman–Crippen LogP) is 6.68. The molecule has 196 valence electrons. The lowest BCUT2D eigenvalue weighted by Crippen LogP contribution is -2.16. The van der Waals surface area contributed by atoms with Gasteiger partial charge in [-0.25, -0.2) is 10.2 Å². The lowest BCUT2D eigenvalue weighted by Gasteiger charge is -2.12. The molecule has 0 aliphatic rings. The summed E-state index contributed by atoms with van der Waals surface area (Å²) in [5.41, 5.74) is 3.70. The highest BCUT2D eigenvalue weighted by Gasteiger charge is 2.13. The second kappa shape index (κ2) is 17.1. The monoisotopic (exact) mass is 496 g/mol. The molecule has 0 bridgehead atoms. The molecular formula is C29H40N2O5. The Morgan fingerprint density at radius 1 is 0.833 bits per heavy atom. The van der Waals surface area contributed by atoms with Crippen LogP contribution in [0.2, 0.25) is 0 Å². The maximum Gasteiger partial charge on any atom is 0.343 e. The van der Waals surface area contributed by atoms with Crippen molar-refractivity contribution in [2.45, 2.75) is 78.6 Å². The molecule has 0 aliphatic heterocycles. The van der Waals surface area contributed by atoms with Gasteiger partial charge in [-0.2, -0.15) is 5.10 Å². The fraction of sp³-hybridized carbons (Fsp3) is 0.483. The summed E-state index contributed by atoms with van der Waals surface area (Å²) in [6.07, 6.45) is 11.1. The standard InChI is InChI=1S/C29H40N2O5/c1-4-7-8-9-10-11-12-13-28(32)31-30-22-23-14-19-26(27(21-23)34-6-3)36-29(33)24-15-17-25(18-16-24)35-20-5-2/h14-19,21-22H,4-13,20H2,1-3H3,(H,31,32). The quantitative estimate of drug-likeness (QED) is 0.0867. The van der Waals surface area contributed by atoms with E-state index < -0.39 is 5.97 Å². The molecule has 0 unspecified atom stereocenters. The van der Waals surface area contributed by atoms with E-state index in [2.05, 4.69) is 17.5 Å². The minimum atomic E-state index is -0.489. The van der Waals surface area contributed by atoms with Gasteiger partial charge < -0.3 is 14.2 Å². The predicted molar refractivity (Wildman–Crippen MR) is 143 cm³/mol. The second-order valence-electron chi connectivity index (χ2n) is 8.57. The van der Waals surface area contributed by atoms with E-state index in [-0.39, 0.29) is 5.91 Å². The van der Waals surface area contributed by atoms with E-state index in [1.54, 1.807) is 48.7 Å². The number of ether oxygens (including phenoxy) is 3. The van der Waals surface area contributed by atoms with E-state index in [0.29, 0.717) is 48.0 Å². The van der Waals surface area contributed by atoms with Gasteiger partial charge in [0.25, 0.3) is 0 Å². The lowest BCUT2D eigenvalue weighted by molar-refractivity contribution is -0.121. The number of nitrogens with one attached hydrogen (secondary N) is 1. The highest BCUT2D eigenvalue weighted by atomic mass is 16.6. The first-order valence-corrected chi connectivity index (χ1v) is 13.1. The van der Waals surface area contributed by atoms with E-state index in [0.717, 1.165) is 19.3 Å². The number of unbranched alkanes of at least 4 members (excludes halogenated alkanes) is 6. The number of rotatable bonds is 17. The van der Waals surface area contributed by atoms with Gasteiger partial charge in [0.05, 0.1) is 25.0 Å². The first-order chi connectivity index (χ1) is 17.6. The maximum atomic E-state index is 12.6. The van der Waals surface area contributed by atoms with Gasteiger partial charge in [-0.1, -0.05) is 52.4 Å². The molecule has 1 N–H and O–H groups in total. The molecule has 0 atom stereocenters. The third-order valence-corrected chi connectivity index (χ3v) is 5.44. The maximum absolute atomic E-state index is 12.6. The Bertz CT molecular complexity index is 957. The molecule has 2 aromatic carbocycles. The van der Waals surface area contributed by atoms with Crippen LogP contribution in [0.15, 0.2) is 47.6 Å². The fourth-order valence-electron chi connectivity index (χ4n) is 3.50. The zero-order valence-corrected chi connectivity index (χ0v) is 21.9. The number of hydrogen-bond acceptors (Lipinski definition) is 6. The van der Waals surface area contributed by atoms with Crippen LogP contribution in [0.5, 0.6) is 17.2 Å². The third kappa shape index (κ3) is 10.9. The van der Waals surface area contributed by atoms with Gasteiger partial charge >= 0.3 is 5.97 Å². The van der Waals surface area contributed by atoms with Gasteiger partial charge in [0.1, 0.15) is 5.75 Å². The highest BCUT2D eigenvalue weighted by molar-refractivity contribution is 5.91. The van der Waals surface area contributed by atoms with Crippen molar-refractivity contribution >= 4 is 18.1 Å². The summed E-state index contributed by atoms with van der Waals surface area (Å²) >= 11 is 0. The number of amides is 1. The van der Waals surface area contributed by atoms with Crippen molar-refractivity contribution in [1.82, 2.24) is 5.43 Å². The number of hydrazone groups is 1. The van der Waals surface area contributed by atoms with Gasteiger partial charge in [0.2, 0.25) is 5.91 Å². The Labute approximate surface area is 215 Å². The van der Waals surface area contributed by atoms with E-state index in [4.69, 9.17) is 14.2 Å². The highest BCUT2D eigenvalue weighted by Crippen LogP contribution is 2.29. The Morgan fingerprint density at radius 2 is 1.56 bits per heavy atom. The molecule has 0 saturated carbocycles. The lowest BCUT2D eigenvalue weighted by atomic mass is 10.1. The Morgan fingerprint density at radius 3 is 2.25 bits per heavy atom. The first kappa shape index (κ1) is 28.9. The van der Waals surface area contributed by atoms with Crippen LogP contribution < -0.4 is 19.6 Å². The number of carbonyl (C=O) groups excluding carboxylic acids is 2. The minimum absolute atomic E-state index is 0.0958. The smallest absolute Gasteiger partial charge is 0.343 e. The number of carbonyl (C=O) groups is 2. The average molecular weight is 497 g/mol. The van der Waals surface area contributed by atoms with Crippen LogP contribution in [0.25, 0.3) is 0 Å². The van der Waals surface area contributed by atoms with Crippen molar-refractivity contribution in [3.8, 4) is 17.2 Å². The van der Waals surface area contributed by atoms with Crippen LogP contribution in [0.1, 0.15) is 94.5 Å². The molecule has 7 nitrogen and oxygen atoms in total. The van der Waals surface area contributed by atoms with Crippen molar-refractivity contribution in [3.63, 3.8) is 0 Å². The van der Waals surface area contributed by atoms with Crippen molar-refractivity contribution < 1.29 is 23.8 Å². The molecule has 2 aromatic rings. The van der Waals surface area contributed by atoms with Crippen LogP contribution in [-0.4, -0.2) is 31.3 Å². The van der Waals surface area contributed by atoms with Crippen LogP contribution in [0, 0.1) is 0 Å². The van der Waals surface area contributed by atoms with Gasteiger partial charge in [-0.15, -0.1) is 0 Å². The molecule has 0 radical (unpaired) electrons. The van der Waals surface area contributed by atoms with E-state index in [1.807, 2.05) is 13.8 Å². The van der Waals surface area contributed by atoms with Crippen LogP contribution in [0.4, 0.5) is 0 Å². The molecule has 0 heterocycles. The molecule has 0 spiro atoms. The topological polar surface area (TPSA) is 86.2 Å². The van der Waals surface area contributed by atoms with E-state index >= 15 is 0 Å². The van der Waals surface area contributed by atoms with Gasteiger partial charge in [0, 0.05) is 6.42 Å². The normalized spacial score (nSPS) is 10.9. The molecule has 7 heteroatoms. The molecule has 36 heavy (non-hydrogen) atoms. The Balaban J connectivity index is 1.87. The summed E-state index contributed by atoms with van der Waals surface area (Å²) in [5, 5.41) is 4.05. The van der Waals surface area contributed by atoms with Crippen LogP contribution in [0.3, 0.4) is 0 Å². The zero-order valence-electron chi connectivity index (χ0n) is 21.9. The number of benzene rings is 2. The SMILES string of the molecule is CCCCCCCCCC(=O)NN=Cc1ccc(OC(=O)c2ccc(OCCC)cc2)c(OCC)c1. The molecule has 0 aliphatic carbocycles. The van der Waals surface area contributed by atoms with Crippen molar-refractivity contribution in [2.75, 3.05) is 13.2 Å². The van der Waals surface area contributed by atoms with E-state index in [1.165, 1.54) is 32.1 Å². The second-order valence-corrected chi connectivity index (χ2v) is 8.57. The molecule has 0 saturated heterocycles. The van der Waals surface area contributed by atoms with Crippen LogP contribution >= 0.6 is 0 Å². The summed E-state index contributed by atoms with van der Waals surface area (Å²) in [7, 11) is 0. The molecule has 2 rings (SSSR count). The first-order valence-electron chi connectivity index (χ1n) is 13.1. The summed E-state index contributed by atoms with van der Waals surface area (Å²) in [5.74, 6) is 0.862. The largest absolute Gasteiger partial charge is 0.494 e. The summed E-state index contributed by atoms with van der Waals surface area (Å²) in [6.45, 7) is 7.12. The molecule has 0 fully saturated rings. The summed E-state index contributed by atoms with van der Waals surface area (Å²) in [6, 6.07) is 12.0. The third-order valence-electron chi connectivity index (χ3n) is 5.44. The van der Waals surface area contributed by atoms with Crippen molar-refractivity contribution in [3.05, 3.63) is 53.6 Å². The average Bonchev–Trinajstić information content (AvgIpc) is 2.88. The fourth-order valence-corrected chi connectivity index (χ4v) is 3.50. The minimum Gasteiger partial charge on any atom is -0.494 e. The molecular weight excluding hydrogens is 456 g/mol. The zero-order chi connectivity index (χ0) is 26.0. The molecule has 1 amide bonds. The molecule has 0 aromatic heterocycles. The Hall–Kier alpha value is -3.35. The van der Waals surface area contributed by atoms with Gasteiger partial charge in [-0.3, -0.25) is 4.79 Å². The summed E-state index contributed by atoms with van der Waals surface area (Å²) < 4.78 is 16.8. The number of hydrogen-bond donors (Lipinski definition) is 1. The van der Waals surface area contributed by atoms with Crippen molar-refractivity contribution in [1.29, 1.82) is 0 Å². The van der Waals surface area contributed by atoms with Crippen molar-refractivity contribution in [2.24, 2.45) is 5.10 Å². The Kier molecular flexibility index (Phi) is 13.8.